The molecule has 1 saturated heterocycles. The van der Waals surface area contributed by atoms with E-state index in [1.807, 2.05) is 0 Å². The molecule has 0 radical (unpaired) electrons. The summed E-state index contributed by atoms with van der Waals surface area (Å²) in [5.74, 6) is 0.306. The van der Waals surface area contributed by atoms with Gasteiger partial charge in [-0.15, -0.1) is 0 Å². The third-order valence-electron chi connectivity index (χ3n) is 3.54. The summed E-state index contributed by atoms with van der Waals surface area (Å²) in [5.41, 5.74) is 0.276. The fourth-order valence-electron chi connectivity index (χ4n) is 2.58. The second-order valence-corrected chi connectivity index (χ2v) is 6.93. The lowest BCUT2D eigenvalue weighted by molar-refractivity contribution is -0.0295. The third-order valence-corrected chi connectivity index (χ3v) is 4.03. The number of phenolic OH excluding ortho intramolecular Hbond substituents is 1. The first-order valence-electron chi connectivity index (χ1n) is 7.56. The van der Waals surface area contributed by atoms with E-state index in [1.54, 1.807) is 12.1 Å². The van der Waals surface area contributed by atoms with Crippen molar-refractivity contribution < 1.29 is 14.6 Å². The van der Waals surface area contributed by atoms with Crippen molar-refractivity contribution in [3.63, 3.8) is 0 Å². The van der Waals surface area contributed by atoms with Crippen molar-refractivity contribution in [3.8, 4) is 5.75 Å². The van der Waals surface area contributed by atoms with Crippen LogP contribution in [0.4, 0.5) is 0 Å². The summed E-state index contributed by atoms with van der Waals surface area (Å²) in [7, 11) is 0. The van der Waals surface area contributed by atoms with E-state index in [0.29, 0.717) is 19.1 Å². The molecule has 0 spiro atoms. The Morgan fingerprint density at radius 1 is 1.55 bits per heavy atom. The molecule has 22 heavy (non-hydrogen) atoms. The Morgan fingerprint density at radius 3 is 3.00 bits per heavy atom. The van der Waals surface area contributed by atoms with Gasteiger partial charge in [0.2, 0.25) is 0 Å². The Hall–Kier alpha value is -1.11. The highest BCUT2D eigenvalue weighted by Crippen LogP contribution is 2.22. The summed E-state index contributed by atoms with van der Waals surface area (Å²) < 4.78 is 6.44. The zero-order valence-corrected chi connectivity index (χ0v) is 14.6. The van der Waals surface area contributed by atoms with Crippen LogP contribution in [0.5, 0.6) is 5.75 Å². The first-order valence-corrected chi connectivity index (χ1v) is 8.35. The highest BCUT2D eigenvalue weighted by atomic mass is 79.9. The minimum absolute atomic E-state index is 0.00552. The second kappa shape index (κ2) is 7.94. The van der Waals surface area contributed by atoms with Crippen molar-refractivity contribution in [1.29, 1.82) is 0 Å². The molecule has 0 aliphatic carbocycles. The molecule has 1 aromatic rings. The van der Waals surface area contributed by atoms with Crippen molar-refractivity contribution in [2.24, 2.45) is 5.92 Å². The summed E-state index contributed by atoms with van der Waals surface area (Å²) in [6.07, 6.45) is -0.00552. The van der Waals surface area contributed by atoms with E-state index < -0.39 is 0 Å². The molecule has 1 amide bonds. The molecule has 1 aliphatic rings. The van der Waals surface area contributed by atoms with Crippen LogP contribution < -0.4 is 5.32 Å². The average Bonchev–Trinajstić information content (AvgIpc) is 2.44. The monoisotopic (exact) mass is 370 g/mol. The lowest BCUT2D eigenvalue weighted by Crippen LogP contribution is -2.48. The van der Waals surface area contributed by atoms with E-state index in [0.717, 1.165) is 24.1 Å². The smallest absolute Gasteiger partial charge is 0.255 e. The molecule has 1 fully saturated rings. The molecule has 0 bridgehead atoms. The van der Waals surface area contributed by atoms with Gasteiger partial charge in [0.15, 0.2) is 0 Å². The van der Waals surface area contributed by atoms with E-state index in [1.165, 1.54) is 6.07 Å². The van der Waals surface area contributed by atoms with Crippen molar-refractivity contribution in [1.82, 2.24) is 10.2 Å². The Balaban J connectivity index is 1.85. The van der Waals surface area contributed by atoms with Gasteiger partial charge in [0.1, 0.15) is 5.75 Å². The normalized spacial score (nSPS) is 19.4. The van der Waals surface area contributed by atoms with Gasteiger partial charge in [-0.25, -0.2) is 0 Å². The standard InChI is InChI=1S/C16H23BrN2O3/c1-11(2)9-19-5-6-22-13(10-19)8-18-16(21)14-4-3-12(17)7-15(14)20/h3-4,7,11,13,20H,5-6,8-10H2,1-2H3,(H,18,21). The zero-order valence-electron chi connectivity index (χ0n) is 13.0. The number of morpholine rings is 1. The fourth-order valence-corrected chi connectivity index (χ4v) is 2.93. The molecular weight excluding hydrogens is 348 g/mol. The number of benzene rings is 1. The van der Waals surface area contributed by atoms with Crippen LogP contribution in [-0.2, 0) is 4.74 Å². The predicted octanol–water partition coefficient (Wildman–Crippen LogP) is 2.24. The largest absolute Gasteiger partial charge is 0.507 e. The molecule has 0 saturated carbocycles. The van der Waals surface area contributed by atoms with E-state index in [4.69, 9.17) is 4.74 Å². The van der Waals surface area contributed by atoms with Crippen LogP contribution in [0.25, 0.3) is 0 Å². The number of nitrogens with zero attached hydrogens (tertiary/aromatic N) is 1. The SMILES string of the molecule is CC(C)CN1CCOC(CNC(=O)c2ccc(Br)cc2O)C1. The number of ether oxygens (including phenoxy) is 1. The summed E-state index contributed by atoms with van der Waals surface area (Å²) in [5, 5.41) is 12.6. The molecule has 1 unspecified atom stereocenters. The van der Waals surface area contributed by atoms with Gasteiger partial charge >= 0.3 is 0 Å². The summed E-state index contributed by atoms with van der Waals surface area (Å²) in [6.45, 7) is 8.34. The number of aromatic hydroxyl groups is 1. The van der Waals surface area contributed by atoms with Gasteiger partial charge in [0.25, 0.3) is 5.91 Å². The number of nitrogens with one attached hydrogen (secondary N) is 1. The summed E-state index contributed by atoms with van der Waals surface area (Å²) in [4.78, 5) is 14.5. The molecule has 1 heterocycles. The van der Waals surface area contributed by atoms with Crippen LogP contribution in [-0.4, -0.2) is 54.8 Å². The molecule has 122 valence electrons. The molecular formula is C16H23BrN2O3. The second-order valence-electron chi connectivity index (χ2n) is 6.02. The maximum absolute atomic E-state index is 12.1. The van der Waals surface area contributed by atoms with Gasteiger partial charge in [-0.1, -0.05) is 29.8 Å². The summed E-state index contributed by atoms with van der Waals surface area (Å²) in [6, 6.07) is 4.84. The van der Waals surface area contributed by atoms with Gasteiger partial charge in [0, 0.05) is 30.7 Å². The Labute approximate surface area is 139 Å². The predicted molar refractivity (Wildman–Crippen MR) is 89.2 cm³/mol. The number of carbonyl (C=O) groups is 1. The van der Waals surface area contributed by atoms with Crippen molar-refractivity contribution in [2.75, 3.05) is 32.8 Å². The number of carbonyl (C=O) groups excluding carboxylic acids is 1. The highest BCUT2D eigenvalue weighted by Gasteiger charge is 2.22. The van der Waals surface area contributed by atoms with Gasteiger partial charge in [0.05, 0.1) is 18.3 Å². The number of halogens is 1. The lowest BCUT2D eigenvalue weighted by Gasteiger charge is -2.33. The minimum Gasteiger partial charge on any atom is -0.507 e. The highest BCUT2D eigenvalue weighted by molar-refractivity contribution is 9.10. The average molecular weight is 371 g/mol. The minimum atomic E-state index is -0.283. The number of rotatable bonds is 5. The first-order chi connectivity index (χ1) is 10.5. The molecule has 0 aromatic heterocycles. The van der Waals surface area contributed by atoms with Gasteiger partial charge in [-0.05, 0) is 24.1 Å². The van der Waals surface area contributed by atoms with Gasteiger partial charge in [-0.3, -0.25) is 9.69 Å². The molecule has 1 atom stereocenters. The van der Waals surface area contributed by atoms with Crippen molar-refractivity contribution in [2.45, 2.75) is 20.0 Å². The molecule has 2 N–H and O–H groups in total. The Morgan fingerprint density at radius 2 is 2.32 bits per heavy atom. The van der Waals surface area contributed by atoms with E-state index in [2.05, 4.69) is 40.0 Å². The topological polar surface area (TPSA) is 61.8 Å². The van der Waals surface area contributed by atoms with Gasteiger partial charge in [-0.2, -0.15) is 0 Å². The van der Waals surface area contributed by atoms with Crippen LogP contribution in [0.15, 0.2) is 22.7 Å². The van der Waals surface area contributed by atoms with Crippen LogP contribution in [0.3, 0.4) is 0 Å². The van der Waals surface area contributed by atoms with Crippen LogP contribution >= 0.6 is 15.9 Å². The molecule has 1 aromatic carbocycles. The van der Waals surface area contributed by atoms with Crippen molar-refractivity contribution >= 4 is 21.8 Å². The lowest BCUT2D eigenvalue weighted by atomic mass is 10.1. The number of hydrogen-bond donors (Lipinski definition) is 2. The Kier molecular flexibility index (Phi) is 6.23. The quantitative estimate of drug-likeness (QED) is 0.834. The van der Waals surface area contributed by atoms with E-state index in [-0.39, 0.29) is 23.3 Å². The Bertz CT molecular complexity index is 522. The van der Waals surface area contributed by atoms with Crippen LogP contribution in [0.2, 0.25) is 0 Å². The first kappa shape index (κ1) is 17.2. The zero-order chi connectivity index (χ0) is 16.1. The number of amides is 1. The molecule has 5 nitrogen and oxygen atoms in total. The van der Waals surface area contributed by atoms with Crippen LogP contribution in [0, 0.1) is 5.92 Å². The molecule has 6 heteroatoms. The van der Waals surface area contributed by atoms with Crippen LogP contribution in [0.1, 0.15) is 24.2 Å². The number of hydrogen-bond acceptors (Lipinski definition) is 4. The van der Waals surface area contributed by atoms with Crippen molar-refractivity contribution in [3.05, 3.63) is 28.2 Å². The molecule has 1 aliphatic heterocycles. The van der Waals surface area contributed by atoms with Gasteiger partial charge < -0.3 is 15.2 Å². The number of phenols is 1. The maximum atomic E-state index is 12.1. The fraction of sp³-hybridized carbons (Fsp3) is 0.562. The van der Waals surface area contributed by atoms with E-state index in [9.17, 15) is 9.90 Å². The maximum Gasteiger partial charge on any atom is 0.255 e. The van der Waals surface area contributed by atoms with E-state index >= 15 is 0 Å². The molecule has 2 rings (SSSR count). The summed E-state index contributed by atoms with van der Waals surface area (Å²) >= 11 is 3.26. The third kappa shape index (κ3) is 4.97.